The molecule has 0 unspecified atom stereocenters. The molecule has 1 rings (SSSR count). The number of carboxylic acids is 1. The highest BCUT2D eigenvalue weighted by Crippen LogP contribution is 2.24. The number of aromatic carboxylic acids is 1. The Bertz CT molecular complexity index is 474. The van der Waals surface area contributed by atoms with Crippen LogP contribution in [0.3, 0.4) is 0 Å². The van der Waals surface area contributed by atoms with Crippen LogP contribution in [0, 0.1) is 17.5 Å². The number of amides is 1. The SMILES string of the molecule is CC(=O)Nc1cc(F)c(F)c(F)c1C(=O)O. The lowest BCUT2D eigenvalue weighted by Crippen LogP contribution is -2.14. The lowest BCUT2D eigenvalue weighted by Gasteiger charge is -2.08. The fourth-order valence-corrected chi connectivity index (χ4v) is 1.09. The summed E-state index contributed by atoms with van der Waals surface area (Å²) in [5.41, 5.74) is -1.74. The van der Waals surface area contributed by atoms with Gasteiger partial charge < -0.3 is 10.4 Å². The van der Waals surface area contributed by atoms with Crippen LogP contribution in [0.1, 0.15) is 17.3 Å². The van der Waals surface area contributed by atoms with Crippen LogP contribution in [0.15, 0.2) is 6.07 Å². The molecule has 0 heterocycles. The zero-order valence-corrected chi connectivity index (χ0v) is 7.97. The first-order valence-corrected chi connectivity index (χ1v) is 4.03. The van der Waals surface area contributed by atoms with Gasteiger partial charge in [0, 0.05) is 13.0 Å². The molecule has 16 heavy (non-hydrogen) atoms. The van der Waals surface area contributed by atoms with Gasteiger partial charge in [-0.05, 0) is 0 Å². The quantitative estimate of drug-likeness (QED) is 0.765. The molecular weight excluding hydrogens is 227 g/mol. The maximum atomic E-state index is 13.1. The molecule has 1 amide bonds. The van der Waals surface area contributed by atoms with E-state index in [-0.39, 0.29) is 0 Å². The fraction of sp³-hybridized carbons (Fsp3) is 0.111. The van der Waals surface area contributed by atoms with Crippen molar-refractivity contribution in [2.45, 2.75) is 6.92 Å². The van der Waals surface area contributed by atoms with E-state index in [1.54, 1.807) is 0 Å². The number of nitrogens with one attached hydrogen (secondary N) is 1. The number of carbonyl (C=O) groups excluding carboxylic acids is 1. The summed E-state index contributed by atoms with van der Waals surface area (Å²) in [7, 11) is 0. The van der Waals surface area contributed by atoms with Gasteiger partial charge in [0.1, 0.15) is 5.56 Å². The minimum absolute atomic E-state index is 0.406. The predicted molar refractivity (Wildman–Crippen MR) is 47.6 cm³/mol. The van der Waals surface area contributed by atoms with Crippen molar-refractivity contribution in [3.63, 3.8) is 0 Å². The van der Waals surface area contributed by atoms with E-state index >= 15 is 0 Å². The molecular formula is C9H6F3NO3. The number of hydrogen-bond acceptors (Lipinski definition) is 2. The highest BCUT2D eigenvalue weighted by Gasteiger charge is 2.23. The largest absolute Gasteiger partial charge is 0.478 e. The van der Waals surface area contributed by atoms with Crippen LogP contribution >= 0.6 is 0 Å². The van der Waals surface area contributed by atoms with Crippen LogP contribution in [0.5, 0.6) is 0 Å². The number of halogens is 3. The Morgan fingerprint density at radius 2 is 1.81 bits per heavy atom. The summed E-state index contributed by atoms with van der Waals surface area (Å²) in [6.07, 6.45) is 0. The van der Waals surface area contributed by atoms with Crippen LogP contribution in [0.2, 0.25) is 0 Å². The lowest BCUT2D eigenvalue weighted by molar-refractivity contribution is -0.114. The third-order valence-electron chi connectivity index (χ3n) is 1.69. The second kappa shape index (κ2) is 4.21. The number of carboxylic acid groups (broad SMARTS) is 1. The van der Waals surface area contributed by atoms with Crippen LogP contribution in [-0.4, -0.2) is 17.0 Å². The van der Waals surface area contributed by atoms with Gasteiger partial charge in [0.25, 0.3) is 0 Å². The fourth-order valence-electron chi connectivity index (χ4n) is 1.09. The number of anilines is 1. The molecule has 1 aromatic rings. The molecule has 0 atom stereocenters. The average Bonchev–Trinajstić information content (AvgIpc) is 2.12. The summed E-state index contributed by atoms with van der Waals surface area (Å²) in [6, 6.07) is 0.406. The van der Waals surface area contributed by atoms with E-state index < -0.39 is 40.6 Å². The first-order chi connectivity index (χ1) is 7.34. The molecule has 0 radical (unpaired) electrons. The topological polar surface area (TPSA) is 66.4 Å². The van der Waals surface area contributed by atoms with E-state index in [4.69, 9.17) is 5.11 Å². The average molecular weight is 233 g/mol. The third kappa shape index (κ3) is 2.13. The van der Waals surface area contributed by atoms with Gasteiger partial charge in [0.05, 0.1) is 5.69 Å². The highest BCUT2D eigenvalue weighted by molar-refractivity contribution is 6.00. The Labute approximate surface area is 87.7 Å². The molecule has 0 saturated carbocycles. The molecule has 0 aliphatic heterocycles. The molecule has 2 N–H and O–H groups in total. The van der Waals surface area contributed by atoms with E-state index in [9.17, 15) is 22.8 Å². The Balaban J connectivity index is 3.46. The highest BCUT2D eigenvalue weighted by atomic mass is 19.2. The monoisotopic (exact) mass is 233 g/mol. The number of benzene rings is 1. The van der Waals surface area contributed by atoms with Crippen molar-refractivity contribution < 1.29 is 27.9 Å². The van der Waals surface area contributed by atoms with E-state index in [0.717, 1.165) is 6.92 Å². The Kier molecular flexibility index (Phi) is 3.17. The standard InChI is InChI=1S/C9H6F3NO3/c1-3(14)13-5-2-4(10)7(11)8(12)6(5)9(15)16/h2H,1H3,(H,13,14)(H,15,16). The molecule has 0 spiro atoms. The summed E-state index contributed by atoms with van der Waals surface area (Å²) in [5.74, 6) is -7.86. The molecule has 7 heteroatoms. The maximum Gasteiger partial charge on any atom is 0.340 e. The molecule has 86 valence electrons. The van der Waals surface area contributed by atoms with Crippen molar-refractivity contribution >= 4 is 17.6 Å². The number of carbonyl (C=O) groups is 2. The molecule has 0 bridgehead atoms. The molecule has 0 fully saturated rings. The number of hydrogen-bond donors (Lipinski definition) is 2. The zero-order chi connectivity index (χ0) is 12.5. The van der Waals surface area contributed by atoms with Gasteiger partial charge in [-0.1, -0.05) is 0 Å². The second-order valence-electron chi connectivity index (χ2n) is 2.90. The molecule has 0 aliphatic rings. The molecule has 4 nitrogen and oxygen atoms in total. The van der Waals surface area contributed by atoms with Crippen molar-refractivity contribution in [3.8, 4) is 0 Å². The van der Waals surface area contributed by atoms with E-state index in [1.165, 1.54) is 0 Å². The van der Waals surface area contributed by atoms with Gasteiger partial charge in [0.15, 0.2) is 17.5 Å². The van der Waals surface area contributed by atoms with Gasteiger partial charge in [-0.15, -0.1) is 0 Å². The van der Waals surface area contributed by atoms with Crippen molar-refractivity contribution in [3.05, 3.63) is 29.1 Å². The lowest BCUT2D eigenvalue weighted by atomic mass is 10.1. The van der Waals surface area contributed by atoms with Gasteiger partial charge in [-0.3, -0.25) is 4.79 Å². The van der Waals surface area contributed by atoms with Crippen molar-refractivity contribution in [2.24, 2.45) is 0 Å². The third-order valence-corrected chi connectivity index (χ3v) is 1.69. The Morgan fingerprint density at radius 1 is 1.25 bits per heavy atom. The van der Waals surface area contributed by atoms with E-state index in [1.807, 2.05) is 5.32 Å². The van der Waals surface area contributed by atoms with Crippen LogP contribution < -0.4 is 5.32 Å². The maximum absolute atomic E-state index is 13.1. The van der Waals surface area contributed by atoms with Crippen LogP contribution in [-0.2, 0) is 4.79 Å². The Morgan fingerprint density at radius 3 is 2.25 bits per heavy atom. The summed E-state index contributed by atoms with van der Waals surface area (Å²) < 4.78 is 38.6. The first kappa shape index (κ1) is 12.0. The summed E-state index contributed by atoms with van der Waals surface area (Å²) >= 11 is 0. The molecule has 0 aromatic heterocycles. The molecule has 0 saturated heterocycles. The van der Waals surface area contributed by atoms with Gasteiger partial charge in [-0.25, -0.2) is 18.0 Å². The molecule has 0 aliphatic carbocycles. The normalized spacial score (nSPS) is 10.0. The van der Waals surface area contributed by atoms with Gasteiger partial charge in [-0.2, -0.15) is 0 Å². The van der Waals surface area contributed by atoms with Crippen LogP contribution in [0.25, 0.3) is 0 Å². The summed E-state index contributed by atoms with van der Waals surface area (Å²) in [5, 5.41) is 10.5. The minimum Gasteiger partial charge on any atom is -0.478 e. The first-order valence-electron chi connectivity index (χ1n) is 4.03. The minimum atomic E-state index is -1.90. The zero-order valence-electron chi connectivity index (χ0n) is 7.97. The Hall–Kier alpha value is -2.05. The second-order valence-corrected chi connectivity index (χ2v) is 2.90. The molecule has 1 aromatic carbocycles. The predicted octanol–water partition coefficient (Wildman–Crippen LogP) is 1.76. The number of rotatable bonds is 2. The van der Waals surface area contributed by atoms with Crippen LogP contribution in [0.4, 0.5) is 18.9 Å². The van der Waals surface area contributed by atoms with Gasteiger partial charge >= 0.3 is 5.97 Å². The summed E-state index contributed by atoms with van der Waals surface area (Å²) in [6.45, 7) is 1.02. The van der Waals surface area contributed by atoms with E-state index in [0.29, 0.717) is 6.07 Å². The summed E-state index contributed by atoms with van der Waals surface area (Å²) in [4.78, 5) is 21.3. The van der Waals surface area contributed by atoms with Gasteiger partial charge in [0.2, 0.25) is 5.91 Å². The van der Waals surface area contributed by atoms with Crippen molar-refractivity contribution in [1.82, 2.24) is 0 Å². The van der Waals surface area contributed by atoms with E-state index in [2.05, 4.69) is 0 Å². The van der Waals surface area contributed by atoms with Crippen molar-refractivity contribution in [1.29, 1.82) is 0 Å². The smallest absolute Gasteiger partial charge is 0.340 e. The van der Waals surface area contributed by atoms with Crippen molar-refractivity contribution in [2.75, 3.05) is 5.32 Å².